The predicted octanol–water partition coefficient (Wildman–Crippen LogP) is 3.05. The first-order chi connectivity index (χ1) is 14.4. The highest BCUT2D eigenvalue weighted by atomic mass is 19.3. The molecule has 1 amide bonds. The van der Waals surface area contributed by atoms with E-state index in [9.17, 15) is 13.6 Å². The minimum absolute atomic E-state index is 0.114. The second-order valence-electron chi connectivity index (χ2n) is 8.15. The maximum atomic E-state index is 12.9. The number of nitrogens with zero attached hydrogens (tertiary/aromatic N) is 6. The molecule has 5 rings (SSSR count). The lowest BCUT2D eigenvalue weighted by Crippen LogP contribution is -2.48. The molecular weight excluding hydrogens is 390 g/mol. The van der Waals surface area contributed by atoms with Gasteiger partial charge in [-0.25, -0.2) is 18.3 Å². The van der Waals surface area contributed by atoms with E-state index in [-0.39, 0.29) is 17.5 Å². The molecule has 30 heavy (non-hydrogen) atoms. The molecular formula is C21H22F2N6O. The molecule has 2 aliphatic rings. The van der Waals surface area contributed by atoms with E-state index >= 15 is 0 Å². The summed E-state index contributed by atoms with van der Waals surface area (Å²) in [6, 6.07) is 5.17. The molecule has 156 valence electrons. The van der Waals surface area contributed by atoms with Crippen LogP contribution in [0.1, 0.15) is 41.2 Å². The van der Waals surface area contributed by atoms with Gasteiger partial charge in [0.05, 0.1) is 12.2 Å². The van der Waals surface area contributed by atoms with Crippen molar-refractivity contribution < 1.29 is 13.6 Å². The second kappa shape index (κ2) is 7.00. The van der Waals surface area contributed by atoms with Gasteiger partial charge in [-0.3, -0.25) is 9.78 Å². The van der Waals surface area contributed by atoms with E-state index in [1.165, 1.54) is 12.3 Å². The monoisotopic (exact) mass is 412 g/mol. The van der Waals surface area contributed by atoms with Crippen LogP contribution in [-0.4, -0.2) is 43.5 Å². The zero-order chi connectivity index (χ0) is 21.0. The average molecular weight is 412 g/mol. The molecule has 3 aromatic rings. The molecule has 3 aromatic heterocycles. The van der Waals surface area contributed by atoms with Gasteiger partial charge in [0.25, 0.3) is 6.43 Å². The van der Waals surface area contributed by atoms with E-state index < -0.39 is 6.43 Å². The van der Waals surface area contributed by atoms with Crippen molar-refractivity contribution in [2.75, 3.05) is 18.0 Å². The smallest absolute Gasteiger partial charge is 0.280 e. The number of alkyl halides is 2. The van der Waals surface area contributed by atoms with Crippen molar-refractivity contribution >= 4 is 17.2 Å². The SMILES string of the molecule is Cc1nc2cc(C)c3c(n2n1)CN(C(=O)CC1CN(c2ccnc(C(F)F)c2)C1)C3. The minimum Gasteiger partial charge on any atom is -0.371 e. The number of carbonyl (C=O) groups excluding carboxylic acids is 1. The van der Waals surface area contributed by atoms with E-state index in [0.29, 0.717) is 38.4 Å². The Morgan fingerprint density at radius 1 is 1.23 bits per heavy atom. The molecule has 1 fully saturated rings. The Kier molecular flexibility index (Phi) is 4.41. The molecule has 0 aliphatic carbocycles. The van der Waals surface area contributed by atoms with Crippen LogP contribution in [0, 0.1) is 19.8 Å². The molecule has 0 saturated carbocycles. The van der Waals surface area contributed by atoms with Crippen LogP contribution < -0.4 is 4.90 Å². The highest BCUT2D eigenvalue weighted by Crippen LogP contribution is 2.31. The minimum atomic E-state index is -2.58. The highest BCUT2D eigenvalue weighted by Gasteiger charge is 2.33. The van der Waals surface area contributed by atoms with E-state index in [1.54, 1.807) is 6.07 Å². The van der Waals surface area contributed by atoms with Crippen molar-refractivity contribution in [2.45, 2.75) is 39.8 Å². The second-order valence-corrected chi connectivity index (χ2v) is 8.15. The molecule has 0 atom stereocenters. The number of halogens is 2. The average Bonchev–Trinajstić information content (AvgIpc) is 3.28. The summed E-state index contributed by atoms with van der Waals surface area (Å²) in [7, 11) is 0. The van der Waals surface area contributed by atoms with Crippen LogP contribution >= 0.6 is 0 Å². The molecule has 0 spiro atoms. The van der Waals surface area contributed by atoms with Crippen LogP contribution in [0.2, 0.25) is 0 Å². The molecule has 5 heterocycles. The third-order valence-electron chi connectivity index (χ3n) is 5.98. The van der Waals surface area contributed by atoms with Gasteiger partial charge in [-0.2, -0.15) is 5.10 Å². The van der Waals surface area contributed by atoms with Gasteiger partial charge in [0.1, 0.15) is 11.5 Å². The Balaban J connectivity index is 1.23. The van der Waals surface area contributed by atoms with Crippen LogP contribution in [-0.2, 0) is 17.9 Å². The number of amides is 1. The summed E-state index contributed by atoms with van der Waals surface area (Å²) >= 11 is 0. The Morgan fingerprint density at radius 2 is 2.03 bits per heavy atom. The van der Waals surface area contributed by atoms with E-state index in [1.807, 2.05) is 34.2 Å². The number of carbonyl (C=O) groups is 1. The first kappa shape index (κ1) is 18.9. The van der Waals surface area contributed by atoms with Crippen molar-refractivity contribution in [1.29, 1.82) is 0 Å². The van der Waals surface area contributed by atoms with E-state index in [0.717, 1.165) is 28.2 Å². The summed E-state index contributed by atoms with van der Waals surface area (Å²) in [4.78, 5) is 24.9. The quantitative estimate of drug-likeness (QED) is 0.659. The maximum absolute atomic E-state index is 12.9. The highest BCUT2D eigenvalue weighted by molar-refractivity contribution is 5.78. The maximum Gasteiger partial charge on any atom is 0.280 e. The fourth-order valence-electron chi connectivity index (χ4n) is 4.38. The number of hydrogen-bond donors (Lipinski definition) is 0. The lowest BCUT2D eigenvalue weighted by atomic mass is 9.95. The van der Waals surface area contributed by atoms with Gasteiger partial charge < -0.3 is 9.80 Å². The summed E-state index contributed by atoms with van der Waals surface area (Å²) in [6.07, 6.45) is -0.717. The number of aromatic nitrogens is 4. The largest absolute Gasteiger partial charge is 0.371 e. The number of rotatable bonds is 4. The lowest BCUT2D eigenvalue weighted by Gasteiger charge is -2.41. The topological polar surface area (TPSA) is 66.6 Å². The Labute approximate surface area is 172 Å². The number of pyridine rings is 2. The zero-order valence-electron chi connectivity index (χ0n) is 16.8. The molecule has 2 aliphatic heterocycles. The van der Waals surface area contributed by atoms with Crippen molar-refractivity contribution in [2.24, 2.45) is 5.92 Å². The number of aryl methyl sites for hydroxylation is 2. The Bertz CT molecular complexity index is 1140. The van der Waals surface area contributed by atoms with Crippen molar-refractivity contribution in [3.63, 3.8) is 0 Å². The van der Waals surface area contributed by atoms with Crippen LogP contribution in [0.4, 0.5) is 14.5 Å². The Hall–Kier alpha value is -3.10. The van der Waals surface area contributed by atoms with Crippen molar-refractivity contribution in [3.05, 3.63) is 52.7 Å². The molecule has 1 saturated heterocycles. The van der Waals surface area contributed by atoms with Gasteiger partial charge in [-0.15, -0.1) is 0 Å². The van der Waals surface area contributed by atoms with Gasteiger partial charge in [-0.05, 0) is 43.2 Å². The van der Waals surface area contributed by atoms with Crippen LogP contribution in [0.3, 0.4) is 0 Å². The first-order valence-electron chi connectivity index (χ1n) is 10.0. The molecule has 0 bridgehead atoms. The van der Waals surface area contributed by atoms with Crippen molar-refractivity contribution in [3.8, 4) is 0 Å². The summed E-state index contributed by atoms with van der Waals surface area (Å²) in [6.45, 7) is 6.40. The number of hydrogen-bond acceptors (Lipinski definition) is 5. The van der Waals surface area contributed by atoms with Gasteiger partial charge in [0.2, 0.25) is 5.91 Å². The molecule has 0 N–H and O–H groups in total. The Morgan fingerprint density at radius 3 is 2.80 bits per heavy atom. The summed E-state index contributed by atoms with van der Waals surface area (Å²) in [5.74, 6) is 1.05. The molecule has 7 nitrogen and oxygen atoms in total. The number of fused-ring (bicyclic) bond motifs is 3. The van der Waals surface area contributed by atoms with Gasteiger partial charge in [0, 0.05) is 43.9 Å². The van der Waals surface area contributed by atoms with E-state index in [4.69, 9.17) is 0 Å². The van der Waals surface area contributed by atoms with Crippen LogP contribution in [0.5, 0.6) is 0 Å². The number of anilines is 1. The lowest BCUT2D eigenvalue weighted by molar-refractivity contribution is -0.133. The predicted molar refractivity (Wildman–Crippen MR) is 106 cm³/mol. The van der Waals surface area contributed by atoms with Gasteiger partial charge in [-0.1, -0.05) is 0 Å². The standard InChI is InChI=1S/C21H22F2N6O/c1-12-5-19-25-13(2)26-29(19)18-11-28(10-16(12)18)20(30)6-14-8-27(9-14)15-3-4-24-17(7-15)21(22)23/h3-5,7,14,21H,6,8-11H2,1-2H3. The fourth-order valence-corrected chi connectivity index (χ4v) is 4.38. The molecule has 0 radical (unpaired) electrons. The molecule has 0 unspecified atom stereocenters. The third kappa shape index (κ3) is 3.18. The normalized spacial score (nSPS) is 16.4. The fraction of sp³-hybridized carbons (Fsp3) is 0.429. The van der Waals surface area contributed by atoms with Crippen molar-refractivity contribution in [1.82, 2.24) is 24.5 Å². The summed E-state index contributed by atoms with van der Waals surface area (Å²) in [5, 5.41) is 4.47. The van der Waals surface area contributed by atoms with Crippen LogP contribution in [0.25, 0.3) is 5.65 Å². The summed E-state index contributed by atoms with van der Waals surface area (Å²) < 4.78 is 27.6. The third-order valence-corrected chi connectivity index (χ3v) is 5.98. The van der Waals surface area contributed by atoms with Gasteiger partial charge >= 0.3 is 0 Å². The summed E-state index contributed by atoms with van der Waals surface area (Å²) in [5.41, 5.74) is 4.64. The zero-order valence-corrected chi connectivity index (χ0v) is 16.8. The van der Waals surface area contributed by atoms with E-state index in [2.05, 4.69) is 15.1 Å². The molecule has 0 aromatic carbocycles. The first-order valence-corrected chi connectivity index (χ1v) is 10.0. The van der Waals surface area contributed by atoms with Gasteiger partial charge in [0.15, 0.2) is 5.65 Å². The molecule has 9 heteroatoms. The van der Waals surface area contributed by atoms with Crippen LogP contribution in [0.15, 0.2) is 24.4 Å².